The zero-order valence-electron chi connectivity index (χ0n) is 30.0. The van der Waals surface area contributed by atoms with E-state index in [1.165, 1.54) is 30.0 Å². The van der Waals surface area contributed by atoms with Gasteiger partial charge in [0, 0.05) is 43.4 Å². The van der Waals surface area contributed by atoms with Crippen molar-refractivity contribution in [3.8, 4) is 28.6 Å². The van der Waals surface area contributed by atoms with Gasteiger partial charge in [-0.25, -0.2) is 9.82 Å². The van der Waals surface area contributed by atoms with Crippen LogP contribution in [0.1, 0.15) is 48.9 Å². The number of carbonyl (C=O) groups excluding carboxylic acids is 1. The van der Waals surface area contributed by atoms with Crippen molar-refractivity contribution in [1.82, 2.24) is 25.4 Å². The lowest BCUT2D eigenvalue weighted by atomic mass is 9.87. The van der Waals surface area contributed by atoms with Crippen LogP contribution in [0.25, 0.3) is 11.4 Å². The van der Waals surface area contributed by atoms with E-state index in [-0.39, 0.29) is 41.8 Å². The summed E-state index contributed by atoms with van der Waals surface area (Å²) in [6.07, 6.45) is 1.41. The maximum absolute atomic E-state index is 13.1. The summed E-state index contributed by atoms with van der Waals surface area (Å²) in [5.41, 5.74) is 7.18. The number of phenolic OH excluding ortho intramolecular Hbond substituents is 1. The third kappa shape index (κ3) is 11.3. The molecule has 0 bridgehead atoms. The number of aromatic nitrogens is 2. The molecule has 1 saturated heterocycles. The molecule has 5 aromatic rings. The summed E-state index contributed by atoms with van der Waals surface area (Å²) in [5, 5.41) is 18.7. The summed E-state index contributed by atoms with van der Waals surface area (Å²) in [4.78, 5) is 21.4. The third-order valence-corrected chi connectivity index (χ3v) is 8.71. The Morgan fingerprint density at radius 3 is 2.13 bits per heavy atom. The molecule has 11 nitrogen and oxygen atoms in total. The van der Waals surface area contributed by atoms with E-state index in [1.54, 1.807) is 24.3 Å². The molecule has 1 amide bonds. The number of nitrogens with one attached hydrogen (secondary N) is 1. The Morgan fingerprint density at radius 1 is 0.887 bits per heavy atom. The maximum atomic E-state index is 13.1. The second-order valence-corrected chi connectivity index (χ2v) is 13.8. The Labute approximate surface area is 314 Å². The van der Waals surface area contributed by atoms with Crippen molar-refractivity contribution < 1.29 is 28.3 Å². The first-order valence-corrected chi connectivity index (χ1v) is 17.2. The molecule has 13 heteroatoms. The highest BCUT2D eigenvalue weighted by Crippen LogP contribution is 2.25. The van der Waals surface area contributed by atoms with Gasteiger partial charge in [-0.2, -0.15) is 10.1 Å². The number of aromatic hydroxyl groups is 1. The first kappa shape index (κ1) is 38.9. The van der Waals surface area contributed by atoms with Crippen LogP contribution in [0.3, 0.4) is 0 Å². The van der Waals surface area contributed by atoms with E-state index < -0.39 is 0 Å². The van der Waals surface area contributed by atoms with Crippen LogP contribution in [0, 0.1) is 5.82 Å². The maximum Gasteiger partial charge on any atom is 0.254 e. The van der Waals surface area contributed by atoms with Crippen molar-refractivity contribution in [1.29, 1.82) is 0 Å². The summed E-state index contributed by atoms with van der Waals surface area (Å²) in [6.45, 7) is 10.9. The summed E-state index contributed by atoms with van der Waals surface area (Å²) in [5.74, 6) is 1.63. The lowest BCUT2D eigenvalue weighted by Crippen LogP contribution is -2.48. The highest BCUT2D eigenvalue weighted by molar-refractivity contribution is 5.86. The second-order valence-electron chi connectivity index (χ2n) is 13.8. The average Bonchev–Trinajstić information content (AvgIpc) is 3.60. The number of piperazine rings is 1. The number of hydrogen-bond acceptors (Lipinski definition) is 10. The normalized spacial score (nSPS) is 13.8. The number of amides is 1. The van der Waals surface area contributed by atoms with Gasteiger partial charge in [-0.15, -0.1) is 12.4 Å². The molecule has 1 aliphatic heterocycles. The average molecular weight is 743 g/mol. The summed E-state index contributed by atoms with van der Waals surface area (Å²) < 4.78 is 30.2. The molecule has 0 aliphatic carbocycles. The number of hydrogen-bond donors (Lipinski definition) is 2. The molecule has 0 radical (unpaired) electrons. The number of halogens is 2. The topological polar surface area (TPSA) is 126 Å². The monoisotopic (exact) mass is 742 g/mol. The lowest BCUT2D eigenvalue weighted by Gasteiger charge is -2.33. The molecule has 6 rings (SSSR count). The standard InChI is InChI=1S/C40H43FN6O5.ClH/c1-40(2,3)32-11-6-29(7-12-32)27-51-35-15-10-31(36(48)22-35)23-42-44-37(49)24-46-18-20-47(21-19-46)25-38-43-39(45-52-38)30-8-4-28(5-9-30)26-50-34-16-13-33(41)14-17-34;/h4-17,22-23,48H,18-21,24-27H2,1-3H3,(H,44,49);1H. The number of phenols is 1. The van der Waals surface area contributed by atoms with Crippen molar-refractivity contribution in [3.63, 3.8) is 0 Å². The molecule has 2 heterocycles. The predicted octanol–water partition coefficient (Wildman–Crippen LogP) is 6.73. The minimum atomic E-state index is -0.302. The van der Waals surface area contributed by atoms with Gasteiger partial charge < -0.3 is 19.1 Å². The highest BCUT2D eigenvalue weighted by atomic mass is 35.5. The van der Waals surface area contributed by atoms with Gasteiger partial charge in [-0.05, 0) is 58.5 Å². The van der Waals surface area contributed by atoms with E-state index in [4.69, 9.17) is 14.0 Å². The van der Waals surface area contributed by atoms with Gasteiger partial charge in [0.1, 0.15) is 36.3 Å². The van der Waals surface area contributed by atoms with Crippen molar-refractivity contribution in [3.05, 3.63) is 125 Å². The van der Waals surface area contributed by atoms with Crippen LogP contribution < -0.4 is 14.9 Å². The Kier molecular flexibility index (Phi) is 13.2. The van der Waals surface area contributed by atoms with Gasteiger partial charge in [0.2, 0.25) is 11.7 Å². The summed E-state index contributed by atoms with van der Waals surface area (Å²) in [6, 6.07) is 26.9. The molecule has 0 unspecified atom stereocenters. The number of rotatable bonds is 13. The summed E-state index contributed by atoms with van der Waals surface area (Å²) >= 11 is 0. The molecule has 1 fully saturated rings. The van der Waals surface area contributed by atoms with Gasteiger partial charge >= 0.3 is 0 Å². The molecular formula is C40H44ClFN6O5. The Bertz CT molecular complexity index is 1960. The number of benzene rings is 4. The van der Waals surface area contributed by atoms with Gasteiger partial charge in [0.15, 0.2) is 0 Å². The minimum absolute atomic E-state index is 0. The summed E-state index contributed by atoms with van der Waals surface area (Å²) in [7, 11) is 0. The molecule has 0 saturated carbocycles. The molecule has 4 aromatic carbocycles. The Morgan fingerprint density at radius 2 is 1.49 bits per heavy atom. The molecule has 53 heavy (non-hydrogen) atoms. The minimum Gasteiger partial charge on any atom is -0.507 e. The number of carbonyl (C=O) groups is 1. The van der Waals surface area contributed by atoms with Crippen molar-refractivity contribution in [2.45, 2.75) is 45.9 Å². The first-order chi connectivity index (χ1) is 25.1. The van der Waals surface area contributed by atoms with Gasteiger partial charge in [-0.1, -0.05) is 74.5 Å². The van der Waals surface area contributed by atoms with Crippen LogP contribution in [0.15, 0.2) is 101 Å². The molecule has 278 valence electrons. The number of hydrazone groups is 1. The first-order valence-electron chi connectivity index (χ1n) is 17.2. The molecule has 1 aromatic heterocycles. The van der Waals surface area contributed by atoms with Crippen molar-refractivity contribution in [2.24, 2.45) is 5.10 Å². The van der Waals surface area contributed by atoms with Crippen LogP contribution >= 0.6 is 12.4 Å². The van der Waals surface area contributed by atoms with E-state index >= 15 is 0 Å². The van der Waals surface area contributed by atoms with Gasteiger partial charge in [-0.3, -0.25) is 14.6 Å². The van der Waals surface area contributed by atoms with Crippen LogP contribution in [-0.2, 0) is 30.0 Å². The largest absolute Gasteiger partial charge is 0.507 e. The SMILES string of the molecule is CC(C)(C)c1ccc(COc2ccc(C=NNC(=O)CN3CCN(Cc4nc(-c5ccc(COc6ccc(F)cc6)cc5)no4)CC3)c(O)c2)cc1.Cl. The Hall–Kier alpha value is -5.30. The molecule has 1 aliphatic rings. The smallest absolute Gasteiger partial charge is 0.254 e. The van der Waals surface area contributed by atoms with Crippen LogP contribution in [0.4, 0.5) is 4.39 Å². The van der Waals surface area contributed by atoms with Gasteiger partial charge in [0.05, 0.1) is 19.3 Å². The van der Waals surface area contributed by atoms with E-state index in [1.807, 2.05) is 24.3 Å². The van der Waals surface area contributed by atoms with E-state index in [0.717, 1.165) is 29.8 Å². The number of ether oxygens (including phenoxy) is 2. The van der Waals surface area contributed by atoms with E-state index in [2.05, 4.69) is 75.5 Å². The van der Waals surface area contributed by atoms with Crippen molar-refractivity contribution in [2.75, 3.05) is 32.7 Å². The zero-order chi connectivity index (χ0) is 36.5. The molecule has 0 spiro atoms. The third-order valence-electron chi connectivity index (χ3n) is 8.71. The fourth-order valence-corrected chi connectivity index (χ4v) is 5.58. The Balaban J connectivity index is 0.00000541. The molecular weight excluding hydrogens is 699 g/mol. The quantitative estimate of drug-likeness (QED) is 0.0999. The second kappa shape index (κ2) is 18.0. The molecule has 2 N–H and O–H groups in total. The highest BCUT2D eigenvalue weighted by Gasteiger charge is 2.21. The fraction of sp³-hybridized carbons (Fsp3) is 0.300. The van der Waals surface area contributed by atoms with Gasteiger partial charge in [0.25, 0.3) is 5.91 Å². The van der Waals surface area contributed by atoms with Crippen LogP contribution in [0.5, 0.6) is 17.2 Å². The van der Waals surface area contributed by atoms with Crippen LogP contribution in [0.2, 0.25) is 0 Å². The lowest BCUT2D eigenvalue weighted by molar-refractivity contribution is -0.122. The predicted molar refractivity (Wildman–Crippen MR) is 203 cm³/mol. The number of nitrogens with zero attached hydrogens (tertiary/aromatic N) is 5. The fourth-order valence-electron chi connectivity index (χ4n) is 5.58. The molecule has 0 atom stereocenters. The zero-order valence-corrected chi connectivity index (χ0v) is 30.8. The van der Waals surface area contributed by atoms with E-state index in [0.29, 0.717) is 61.6 Å². The van der Waals surface area contributed by atoms with Crippen molar-refractivity contribution >= 4 is 24.5 Å². The van der Waals surface area contributed by atoms with E-state index in [9.17, 15) is 14.3 Å². The van der Waals surface area contributed by atoms with Crippen LogP contribution in [-0.4, -0.2) is 69.9 Å².